The van der Waals surface area contributed by atoms with Crippen LogP contribution >= 0.6 is 0 Å². The van der Waals surface area contributed by atoms with E-state index < -0.39 is 35.2 Å². The first kappa shape index (κ1) is 16.1. The van der Waals surface area contributed by atoms with Gasteiger partial charge in [-0.2, -0.15) is 26.3 Å². The van der Waals surface area contributed by atoms with Crippen LogP contribution in [-0.4, -0.2) is 27.8 Å². The minimum Gasteiger partial charge on any atom is -0.479 e. The second-order valence-corrected chi connectivity index (χ2v) is 3.98. The number of halogens is 6. The molecule has 112 valence electrons. The molecule has 0 aliphatic rings. The monoisotopic (exact) mass is 302 g/mol. The van der Waals surface area contributed by atoms with Crippen LogP contribution < -0.4 is 5.32 Å². The molecule has 1 atom stereocenters. The van der Waals surface area contributed by atoms with E-state index in [9.17, 15) is 31.1 Å². The molecule has 1 aromatic rings. The lowest BCUT2D eigenvalue weighted by Gasteiger charge is -2.29. The maximum atomic E-state index is 12.7. The average molecular weight is 302 g/mol. The SMILES string of the molecule is CC(Nc1ccc(C(F)(F)F)cn1)(C(=O)O)C(F)(F)F. The van der Waals surface area contributed by atoms with Crippen molar-refractivity contribution in [3.05, 3.63) is 23.9 Å². The number of aromatic nitrogens is 1. The van der Waals surface area contributed by atoms with Gasteiger partial charge in [-0.05, 0) is 19.1 Å². The Balaban J connectivity index is 3.06. The van der Waals surface area contributed by atoms with Gasteiger partial charge in [0, 0.05) is 6.20 Å². The molecule has 0 aromatic carbocycles. The van der Waals surface area contributed by atoms with E-state index in [-0.39, 0.29) is 0 Å². The number of carbonyl (C=O) groups is 1. The predicted octanol–water partition coefficient (Wildman–Crippen LogP) is 2.92. The van der Waals surface area contributed by atoms with Crippen LogP contribution in [0.4, 0.5) is 32.2 Å². The summed E-state index contributed by atoms with van der Waals surface area (Å²) in [5.41, 5.74) is -4.52. The van der Waals surface area contributed by atoms with E-state index in [1.165, 1.54) is 0 Å². The van der Waals surface area contributed by atoms with Crippen LogP contribution in [0.5, 0.6) is 0 Å². The van der Waals surface area contributed by atoms with Crippen molar-refractivity contribution in [1.29, 1.82) is 0 Å². The van der Waals surface area contributed by atoms with E-state index in [0.717, 1.165) is 0 Å². The van der Waals surface area contributed by atoms with Crippen LogP contribution in [-0.2, 0) is 11.0 Å². The second kappa shape index (κ2) is 4.84. The van der Waals surface area contributed by atoms with Gasteiger partial charge in [-0.3, -0.25) is 0 Å². The largest absolute Gasteiger partial charge is 0.479 e. The molecule has 1 unspecified atom stereocenters. The lowest BCUT2D eigenvalue weighted by atomic mass is 10.0. The summed E-state index contributed by atoms with van der Waals surface area (Å²) in [6.45, 7) is 0.342. The summed E-state index contributed by atoms with van der Waals surface area (Å²) < 4.78 is 74.7. The van der Waals surface area contributed by atoms with Gasteiger partial charge in [0.1, 0.15) is 5.82 Å². The van der Waals surface area contributed by atoms with Crippen LogP contribution in [0.25, 0.3) is 0 Å². The van der Waals surface area contributed by atoms with Gasteiger partial charge in [0.2, 0.25) is 5.54 Å². The molecule has 0 aliphatic carbocycles. The highest BCUT2D eigenvalue weighted by molar-refractivity contribution is 5.83. The summed E-state index contributed by atoms with van der Waals surface area (Å²) >= 11 is 0. The van der Waals surface area contributed by atoms with Gasteiger partial charge in [-0.15, -0.1) is 0 Å². The van der Waals surface area contributed by atoms with E-state index in [4.69, 9.17) is 5.11 Å². The summed E-state index contributed by atoms with van der Waals surface area (Å²) in [6, 6.07) is 1.11. The van der Waals surface area contributed by atoms with Gasteiger partial charge in [0.05, 0.1) is 5.56 Å². The molecular weight excluding hydrogens is 294 g/mol. The molecule has 1 aromatic heterocycles. The number of rotatable bonds is 3. The summed E-state index contributed by atoms with van der Waals surface area (Å²) in [5, 5.41) is 10.2. The van der Waals surface area contributed by atoms with E-state index in [1.54, 1.807) is 5.32 Å². The molecule has 10 heteroatoms. The van der Waals surface area contributed by atoms with E-state index >= 15 is 0 Å². The molecule has 0 aliphatic heterocycles. The van der Waals surface area contributed by atoms with Crippen LogP contribution in [0.3, 0.4) is 0 Å². The van der Waals surface area contributed by atoms with Gasteiger partial charge in [0.25, 0.3) is 0 Å². The molecule has 4 nitrogen and oxygen atoms in total. The molecule has 0 radical (unpaired) electrons. The minimum atomic E-state index is -5.16. The third-order valence-corrected chi connectivity index (χ3v) is 2.46. The molecule has 0 saturated carbocycles. The number of nitrogens with zero attached hydrogens (tertiary/aromatic N) is 1. The minimum absolute atomic E-state index is 0.307. The highest BCUT2D eigenvalue weighted by Gasteiger charge is 2.57. The lowest BCUT2D eigenvalue weighted by molar-refractivity contribution is -0.193. The molecule has 0 fully saturated rings. The fourth-order valence-electron chi connectivity index (χ4n) is 1.14. The first-order valence-corrected chi connectivity index (χ1v) is 4.99. The number of pyridine rings is 1. The molecule has 0 bridgehead atoms. The number of carboxylic acid groups (broad SMARTS) is 1. The molecule has 0 amide bonds. The predicted molar refractivity (Wildman–Crippen MR) is 55.0 cm³/mol. The summed E-state index contributed by atoms with van der Waals surface area (Å²) in [7, 11) is 0. The normalized spacial score (nSPS) is 15.6. The third-order valence-electron chi connectivity index (χ3n) is 2.46. The molecule has 2 N–H and O–H groups in total. The van der Waals surface area contributed by atoms with E-state index in [0.29, 0.717) is 25.3 Å². The standard InChI is InChI=1S/C10H8F6N2O2/c1-8(7(19)20,10(14,15)16)18-6-3-2-5(4-17-6)9(11,12)13/h2-4H,1H3,(H,17,18)(H,19,20). The topological polar surface area (TPSA) is 62.2 Å². The van der Waals surface area contributed by atoms with Gasteiger partial charge in [0.15, 0.2) is 0 Å². The summed E-state index contributed by atoms with van der Waals surface area (Å²) in [5.74, 6) is -2.87. The second-order valence-electron chi connectivity index (χ2n) is 3.98. The zero-order chi connectivity index (χ0) is 15.8. The highest BCUT2D eigenvalue weighted by Crippen LogP contribution is 2.34. The van der Waals surface area contributed by atoms with Crippen LogP contribution in [0.2, 0.25) is 0 Å². The third kappa shape index (κ3) is 3.11. The van der Waals surface area contributed by atoms with E-state index in [2.05, 4.69) is 4.98 Å². The molecule has 1 rings (SSSR count). The molecule has 0 spiro atoms. The zero-order valence-corrected chi connectivity index (χ0v) is 9.80. The molecule has 1 heterocycles. The molecular formula is C10H8F6N2O2. The van der Waals surface area contributed by atoms with E-state index in [1.807, 2.05) is 0 Å². The van der Waals surface area contributed by atoms with Crippen LogP contribution in [0, 0.1) is 0 Å². The Kier molecular flexibility index (Phi) is 3.88. The fraction of sp³-hybridized carbons (Fsp3) is 0.400. The van der Waals surface area contributed by atoms with Gasteiger partial charge < -0.3 is 10.4 Å². The van der Waals surface area contributed by atoms with Crippen molar-refractivity contribution in [1.82, 2.24) is 4.98 Å². The fourth-order valence-corrected chi connectivity index (χ4v) is 1.14. The first-order chi connectivity index (χ1) is 8.88. The van der Waals surface area contributed by atoms with Gasteiger partial charge in [-0.1, -0.05) is 0 Å². The number of hydrogen-bond acceptors (Lipinski definition) is 3. The molecule has 0 saturated heterocycles. The van der Waals surface area contributed by atoms with Crippen molar-refractivity contribution >= 4 is 11.8 Å². The number of anilines is 1. The quantitative estimate of drug-likeness (QED) is 0.843. The highest BCUT2D eigenvalue weighted by atomic mass is 19.4. The van der Waals surface area contributed by atoms with Crippen molar-refractivity contribution in [3.63, 3.8) is 0 Å². The Labute approximate surface area is 108 Å². The molecule has 20 heavy (non-hydrogen) atoms. The Morgan fingerprint density at radius 1 is 1.20 bits per heavy atom. The Hall–Kier alpha value is -2.00. The Morgan fingerprint density at radius 3 is 2.05 bits per heavy atom. The summed E-state index contributed by atoms with van der Waals surface area (Å²) in [4.78, 5) is 13.8. The number of alkyl halides is 6. The number of nitrogens with one attached hydrogen (secondary N) is 1. The smallest absolute Gasteiger partial charge is 0.422 e. The maximum Gasteiger partial charge on any atom is 0.422 e. The van der Waals surface area contributed by atoms with Crippen molar-refractivity contribution in [2.24, 2.45) is 0 Å². The summed E-state index contributed by atoms with van der Waals surface area (Å²) in [6.07, 6.45) is -9.55. The van der Waals surface area contributed by atoms with Crippen molar-refractivity contribution in [2.75, 3.05) is 5.32 Å². The average Bonchev–Trinajstić information content (AvgIpc) is 2.26. The lowest BCUT2D eigenvalue weighted by Crippen LogP contribution is -2.55. The van der Waals surface area contributed by atoms with Crippen LogP contribution in [0.1, 0.15) is 12.5 Å². The van der Waals surface area contributed by atoms with Crippen LogP contribution in [0.15, 0.2) is 18.3 Å². The van der Waals surface area contributed by atoms with Crippen molar-refractivity contribution < 1.29 is 36.2 Å². The Bertz CT molecular complexity index is 496. The first-order valence-electron chi connectivity index (χ1n) is 4.99. The number of hydrogen-bond donors (Lipinski definition) is 2. The zero-order valence-electron chi connectivity index (χ0n) is 9.80. The van der Waals surface area contributed by atoms with Crippen molar-refractivity contribution in [3.8, 4) is 0 Å². The number of carboxylic acids is 1. The van der Waals surface area contributed by atoms with Gasteiger partial charge in [-0.25, -0.2) is 9.78 Å². The number of aliphatic carboxylic acids is 1. The van der Waals surface area contributed by atoms with Crippen molar-refractivity contribution in [2.45, 2.75) is 24.8 Å². The maximum absolute atomic E-state index is 12.7. The Morgan fingerprint density at radius 2 is 1.75 bits per heavy atom. The van der Waals surface area contributed by atoms with Gasteiger partial charge >= 0.3 is 18.3 Å².